The summed E-state index contributed by atoms with van der Waals surface area (Å²) in [7, 11) is 0. The zero-order valence-corrected chi connectivity index (χ0v) is 11.7. The van der Waals surface area contributed by atoms with Gasteiger partial charge in [-0.1, -0.05) is 26.7 Å². The predicted octanol–water partition coefficient (Wildman–Crippen LogP) is 1.86. The van der Waals surface area contributed by atoms with Crippen molar-refractivity contribution in [1.82, 2.24) is 4.90 Å². The molecule has 98 valence electrons. The van der Waals surface area contributed by atoms with Gasteiger partial charge < -0.3 is 10.6 Å². The first-order chi connectivity index (χ1) is 8.08. The molecule has 0 aromatic carbocycles. The molecule has 4 heteroatoms. The normalized spacial score (nSPS) is 39.1. The average Bonchev–Trinajstić information content (AvgIpc) is 2.27. The van der Waals surface area contributed by atoms with Crippen molar-refractivity contribution in [2.24, 2.45) is 11.7 Å². The van der Waals surface area contributed by atoms with Crippen molar-refractivity contribution in [3.05, 3.63) is 0 Å². The molecule has 0 aromatic rings. The molecule has 2 rings (SSSR count). The summed E-state index contributed by atoms with van der Waals surface area (Å²) in [6.07, 6.45) is 4.36. The van der Waals surface area contributed by atoms with Crippen molar-refractivity contribution >= 4 is 17.7 Å². The second kappa shape index (κ2) is 5.61. The number of hydrogen-bond acceptors (Lipinski definition) is 3. The SMILES string of the molecule is CC1CN(C(=O)C2CCCCC2N)CC(C)S1. The van der Waals surface area contributed by atoms with Crippen LogP contribution in [0.5, 0.6) is 0 Å². The van der Waals surface area contributed by atoms with Crippen molar-refractivity contribution in [2.75, 3.05) is 13.1 Å². The predicted molar refractivity (Wildman–Crippen MR) is 73.0 cm³/mol. The third-order valence-electron chi connectivity index (χ3n) is 3.87. The summed E-state index contributed by atoms with van der Waals surface area (Å²) in [5, 5.41) is 1.12. The Balaban J connectivity index is 1.98. The van der Waals surface area contributed by atoms with Crippen molar-refractivity contribution in [3.8, 4) is 0 Å². The van der Waals surface area contributed by atoms with Crippen LogP contribution in [0.25, 0.3) is 0 Å². The van der Waals surface area contributed by atoms with Gasteiger partial charge >= 0.3 is 0 Å². The number of nitrogens with two attached hydrogens (primary N) is 1. The topological polar surface area (TPSA) is 46.3 Å². The minimum atomic E-state index is 0.0891. The fourth-order valence-corrected chi connectivity index (χ4v) is 4.38. The number of rotatable bonds is 1. The number of hydrogen-bond donors (Lipinski definition) is 1. The highest BCUT2D eigenvalue weighted by Crippen LogP contribution is 2.29. The summed E-state index contributed by atoms with van der Waals surface area (Å²) in [5.74, 6) is 0.405. The molecular formula is C13H24N2OS. The number of carbonyl (C=O) groups excluding carboxylic acids is 1. The van der Waals surface area contributed by atoms with E-state index in [9.17, 15) is 4.79 Å². The highest BCUT2D eigenvalue weighted by atomic mass is 32.2. The zero-order chi connectivity index (χ0) is 12.4. The summed E-state index contributed by atoms with van der Waals surface area (Å²) in [4.78, 5) is 14.5. The number of thioether (sulfide) groups is 1. The summed E-state index contributed by atoms with van der Waals surface area (Å²) < 4.78 is 0. The van der Waals surface area contributed by atoms with Crippen LogP contribution in [0.3, 0.4) is 0 Å². The van der Waals surface area contributed by atoms with Crippen LogP contribution in [0.15, 0.2) is 0 Å². The van der Waals surface area contributed by atoms with E-state index in [4.69, 9.17) is 5.73 Å². The van der Waals surface area contributed by atoms with Crippen molar-refractivity contribution in [2.45, 2.75) is 56.1 Å². The van der Waals surface area contributed by atoms with Gasteiger partial charge in [0, 0.05) is 29.6 Å². The number of nitrogens with zero attached hydrogens (tertiary/aromatic N) is 1. The molecular weight excluding hydrogens is 232 g/mol. The fraction of sp³-hybridized carbons (Fsp3) is 0.923. The van der Waals surface area contributed by atoms with E-state index in [0.717, 1.165) is 32.4 Å². The Morgan fingerprint density at radius 2 is 1.76 bits per heavy atom. The lowest BCUT2D eigenvalue weighted by Crippen LogP contribution is -2.50. The molecule has 4 unspecified atom stereocenters. The van der Waals surface area contributed by atoms with Crippen molar-refractivity contribution < 1.29 is 4.79 Å². The van der Waals surface area contributed by atoms with Gasteiger partial charge in [-0.15, -0.1) is 0 Å². The van der Waals surface area contributed by atoms with Gasteiger partial charge in [-0.05, 0) is 12.8 Å². The molecule has 0 bridgehead atoms. The molecule has 0 spiro atoms. The van der Waals surface area contributed by atoms with Gasteiger partial charge in [0.05, 0.1) is 5.92 Å². The first kappa shape index (κ1) is 13.2. The largest absolute Gasteiger partial charge is 0.340 e. The maximum Gasteiger partial charge on any atom is 0.227 e. The monoisotopic (exact) mass is 256 g/mol. The Hall–Kier alpha value is -0.220. The van der Waals surface area contributed by atoms with E-state index >= 15 is 0 Å². The third-order valence-corrected chi connectivity index (χ3v) is 5.10. The molecule has 2 N–H and O–H groups in total. The van der Waals surface area contributed by atoms with Crippen LogP contribution in [-0.4, -0.2) is 40.4 Å². The molecule has 2 fully saturated rings. The highest BCUT2D eigenvalue weighted by molar-refractivity contribution is 8.00. The molecule has 17 heavy (non-hydrogen) atoms. The smallest absolute Gasteiger partial charge is 0.227 e. The van der Waals surface area contributed by atoms with E-state index < -0.39 is 0 Å². The number of amides is 1. The first-order valence-corrected chi connectivity index (χ1v) is 7.72. The molecule has 1 aliphatic carbocycles. The van der Waals surface area contributed by atoms with Crippen molar-refractivity contribution in [3.63, 3.8) is 0 Å². The van der Waals surface area contributed by atoms with Gasteiger partial charge in [-0.25, -0.2) is 0 Å². The standard InChI is InChI=1S/C13H24N2OS/c1-9-7-15(8-10(2)17-9)13(16)11-5-3-4-6-12(11)14/h9-12H,3-8,14H2,1-2H3. The Labute approximate surface area is 108 Å². The van der Waals surface area contributed by atoms with Crippen LogP contribution < -0.4 is 5.73 Å². The Morgan fingerprint density at radius 1 is 1.18 bits per heavy atom. The van der Waals surface area contributed by atoms with E-state index in [0.29, 0.717) is 16.4 Å². The van der Waals surface area contributed by atoms with E-state index in [-0.39, 0.29) is 12.0 Å². The van der Waals surface area contributed by atoms with Crippen LogP contribution >= 0.6 is 11.8 Å². The second-order valence-corrected chi connectivity index (χ2v) is 7.44. The van der Waals surface area contributed by atoms with Gasteiger partial charge in [0.25, 0.3) is 0 Å². The Kier molecular flexibility index (Phi) is 4.36. The lowest BCUT2D eigenvalue weighted by atomic mass is 9.84. The van der Waals surface area contributed by atoms with Gasteiger partial charge in [0.15, 0.2) is 0 Å². The third kappa shape index (κ3) is 3.16. The minimum Gasteiger partial charge on any atom is -0.340 e. The first-order valence-electron chi connectivity index (χ1n) is 6.77. The molecule has 1 saturated carbocycles. The van der Waals surface area contributed by atoms with Gasteiger partial charge in [-0.2, -0.15) is 11.8 Å². The average molecular weight is 256 g/mol. The zero-order valence-electron chi connectivity index (χ0n) is 10.9. The molecule has 3 nitrogen and oxygen atoms in total. The maximum absolute atomic E-state index is 12.5. The summed E-state index contributed by atoms with van der Waals surface area (Å²) in [6.45, 7) is 6.22. The van der Waals surface area contributed by atoms with Gasteiger partial charge in [0.2, 0.25) is 5.91 Å². The van der Waals surface area contributed by atoms with E-state index in [2.05, 4.69) is 18.7 Å². The lowest BCUT2D eigenvalue weighted by molar-refractivity contribution is -0.137. The second-order valence-electron chi connectivity index (χ2n) is 5.56. The van der Waals surface area contributed by atoms with Crippen LogP contribution in [-0.2, 0) is 4.79 Å². The summed E-state index contributed by atoms with van der Waals surface area (Å²) in [6, 6.07) is 0.0939. The molecule has 1 heterocycles. The molecule has 2 aliphatic rings. The highest BCUT2D eigenvalue weighted by Gasteiger charge is 2.34. The van der Waals surface area contributed by atoms with E-state index in [1.165, 1.54) is 6.42 Å². The molecule has 0 aromatic heterocycles. The van der Waals surface area contributed by atoms with Crippen LogP contribution in [0.2, 0.25) is 0 Å². The Bertz CT molecular complexity index is 275. The molecule has 1 aliphatic heterocycles. The fourth-order valence-electron chi connectivity index (χ4n) is 3.06. The van der Waals surface area contributed by atoms with E-state index in [1.807, 2.05) is 11.8 Å². The van der Waals surface area contributed by atoms with Crippen molar-refractivity contribution in [1.29, 1.82) is 0 Å². The van der Waals surface area contributed by atoms with E-state index in [1.54, 1.807) is 0 Å². The van der Waals surface area contributed by atoms with Crippen LogP contribution in [0.1, 0.15) is 39.5 Å². The van der Waals surface area contributed by atoms with Gasteiger partial charge in [-0.3, -0.25) is 4.79 Å². The molecule has 4 atom stereocenters. The number of carbonyl (C=O) groups is 1. The Morgan fingerprint density at radius 3 is 2.35 bits per heavy atom. The molecule has 1 amide bonds. The van der Waals surface area contributed by atoms with Crippen LogP contribution in [0.4, 0.5) is 0 Å². The maximum atomic E-state index is 12.5. The van der Waals surface area contributed by atoms with Gasteiger partial charge in [0.1, 0.15) is 0 Å². The molecule has 0 radical (unpaired) electrons. The summed E-state index contributed by atoms with van der Waals surface area (Å²) in [5.41, 5.74) is 6.10. The summed E-state index contributed by atoms with van der Waals surface area (Å²) >= 11 is 1.98. The van der Waals surface area contributed by atoms with Crippen LogP contribution in [0, 0.1) is 5.92 Å². The minimum absolute atomic E-state index is 0.0891. The quantitative estimate of drug-likeness (QED) is 0.779. The lowest BCUT2D eigenvalue weighted by Gasteiger charge is -2.38. The molecule has 1 saturated heterocycles.